The highest BCUT2D eigenvalue weighted by Crippen LogP contribution is 2.18. The summed E-state index contributed by atoms with van der Waals surface area (Å²) < 4.78 is 5.23. The summed E-state index contributed by atoms with van der Waals surface area (Å²) in [6.07, 6.45) is 1.53. The molecule has 1 aliphatic heterocycles. The minimum Gasteiger partial charge on any atom is -0.381 e. The van der Waals surface area contributed by atoms with Gasteiger partial charge in [-0.25, -0.2) is 0 Å². The van der Waals surface area contributed by atoms with E-state index in [0.29, 0.717) is 24.5 Å². The predicted molar refractivity (Wildman–Crippen MR) is 72.0 cm³/mol. The van der Waals surface area contributed by atoms with E-state index in [4.69, 9.17) is 4.74 Å². The van der Waals surface area contributed by atoms with Crippen molar-refractivity contribution in [3.63, 3.8) is 0 Å². The lowest BCUT2D eigenvalue weighted by molar-refractivity contribution is -0.122. The van der Waals surface area contributed by atoms with Crippen LogP contribution < -0.4 is 10.6 Å². The number of amides is 2. The number of carbonyl (C=O) groups excluding carboxylic acids is 2. The number of nitrogens with one attached hydrogen (secondary N) is 2. The maximum absolute atomic E-state index is 12.0. The van der Waals surface area contributed by atoms with Gasteiger partial charge in [-0.05, 0) is 37.1 Å². The Labute approximate surface area is 112 Å². The van der Waals surface area contributed by atoms with Crippen molar-refractivity contribution < 1.29 is 14.3 Å². The smallest absolute Gasteiger partial charge is 0.251 e. The summed E-state index contributed by atoms with van der Waals surface area (Å²) in [7, 11) is 1.59. The normalized spacial score (nSPS) is 15.8. The van der Waals surface area contributed by atoms with Crippen LogP contribution in [0.5, 0.6) is 0 Å². The van der Waals surface area contributed by atoms with Crippen molar-refractivity contribution in [1.82, 2.24) is 5.32 Å². The largest absolute Gasteiger partial charge is 0.381 e. The maximum Gasteiger partial charge on any atom is 0.251 e. The van der Waals surface area contributed by atoms with Crippen molar-refractivity contribution in [2.45, 2.75) is 12.8 Å². The minimum absolute atomic E-state index is 0.0207. The number of hydrogen-bond donors (Lipinski definition) is 2. The van der Waals surface area contributed by atoms with Crippen molar-refractivity contribution in [2.24, 2.45) is 5.92 Å². The molecule has 1 aliphatic rings. The van der Waals surface area contributed by atoms with Gasteiger partial charge in [0, 0.05) is 37.4 Å². The standard InChI is InChI=1S/C14H18N2O3/c1-15-13(17)10-2-4-12(5-3-10)16-14(18)11-6-8-19-9-7-11/h2-5,11H,6-9H2,1H3,(H,15,17)(H,16,18). The van der Waals surface area contributed by atoms with Crippen LogP contribution in [-0.4, -0.2) is 32.1 Å². The van der Waals surface area contributed by atoms with E-state index >= 15 is 0 Å². The van der Waals surface area contributed by atoms with Crippen LogP contribution in [-0.2, 0) is 9.53 Å². The number of carbonyl (C=O) groups is 2. The van der Waals surface area contributed by atoms with Crippen molar-refractivity contribution >= 4 is 17.5 Å². The molecule has 0 unspecified atom stereocenters. The molecule has 0 saturated carbocycles. The van der Waals surface area contributed by atoms with Crippen LogP contribution >= 0.6 is 0 Å². The highest BCUT2D eigenvalue weighted by molar-refractivity contribution is 5.96. The van der Waals surface area contributed by atoms with Gasteiger partial charge in [0.2, 0.25) is 5.91 Å². The molecule has 5 nitrogen and oxygen atoms in total. The molecule has 1 aromatic carbocycles. The fourth-order valence-corrected chi connectivity index (χ4v) is 2.05. The Morgan fingerprint density at radius 2 is 1.79 bits per heavy atom. The lowest BCUT2D eigenvalue weighted by atomic mass is 9.99. The van der Waals surface area contributed by atoms with E-state index in [-0.39, 0.29) is 17.7 Å². The van der Waals surface area contributed by atoms with E-state index in [9.17, 15) is 9.59 Å². The Kier molecular flexibility index (Phi) is 4.52. The zero-order valence-electron chi connectivity index (χ0n) is 10.9. The molecule has 0 aromatic heterocycles. The molecule has 2 rings (SSSR count). The number of benzene rings is 1. The molecular weight excluding hydrogens is 244 g/mol. The van der Waals surface area contributed by atoms with Gasteiger partial charge in [-0.15, -0.1) is 0 Å². The van der Waals surface area contributed by atoms with E-state index in [2.05, 4.69) is 10.6 Å². The molecule has 102 valence electrons. The fraction of sp³-hybridized carbons (Fsp3) is 0.429. The van der Waals surface area contributed by atoms with Crippen molar-refractivity contribution in [2.75, 3.05) is 25.6 Å². The average Bonchev–Trinajstić information content (AvgIpc) is 2.48. The molecule has 0 aliphatic carbocycles. The number of rotatable bonds is 3. The Bertz CT molecular complexity index is 450. The summed E-state index contributed by atoms with van der Waals surface area (Å²) in [5.41, 5.74) is 1.29. The van der Waals surface area contributed by atoms with Crippen molar-refractivity contribution in [1.29, 1.82) is 0 Å². The molecule has 0 bridgehead atoms. The Balaban J connectivity index is 1.95. The third-order valence-electron chi connectivity index (χ3n) is 3.23. The fourth-order valence-electron chi connectivity index (χ4n) is 2.05. The van der Waals surface area contributed by atoms with Crippen LogP contribution in [0.3, 0.4) is 0 Å². The minimum atomic E-state index is -0.137. The van der Waals surface area contributed by atoms with Crippen molar-refractivity contribution in [3.05, 3.63) is 29.8 Å². The second-order valence-corrected chi connectivity index (χ2v) is 4.53. The first-order valence-electron chi connectivity index (χ1n) is 6.41. The molecule has 1 saturated heterocycles. The Hall–Kier alpha value is -1.88. The summed E-state index contributed by atoms with van der Waals surface area (Å²) in [5, 5.41) is 5.42. The van der Waals surface area contributed by atoms with Gasteiger partial charge >= 0.3 is 0 Å². The van der Waals surface area contributed by atoms with Crippen LogP contribution in [0.4, 0.5) is 5.69 Å². The van der Waals surface area contributed by atoms with E-state index in [1.165, 1.54) is 0 Å². The van der Waals surface area contributed by atoms with E-state index < -0.39 is 0 Å². The van der Waals surface area contributed by atoms with Gasteiger partial charge in [0.1, 0.15) is 0 Å². The first-order chi connectivity index (χ1) is 9.20. The lowest BCUT2D eigenvalue weighted by Crippen LogP contribution is -2.28. The van der Waals surface area contributed by atoms with Crippen LogP contribution in [0.2, 0.25) is 0 Å². The third-order valence-corrected chi connectivity index (χ3v) is 3.23. The molecule has 1 fully saturated rings. The summed E-state index contributed by atoms with van der Waals surface area (Å²) >= 11 is 0. The quantitative estimate of drug-likeness (QED) is 0.865. The zero-order chi connectivity index (χ0) is 13.7. The number of anilines is 1. The molecule has 2 N–H and O–H groups in total. The van der Waals surface area contributed by atoms with E-state index in [0.717, 1.165) is 12.8 Å². The molecule has 5 heteroatoms. The summed E-state index contributed by atoms with van der Waals surface area (Å²) in [6, 6.07) is 6.86. The van der Waals surface area contributed by atoms with Gasteiger partial charge in [-0.1, -0.05) is 0 Å². The van der Waals surface area contributed by atoms with Gasteiger partial charge in [-0.2, -0.15) is 0 Å². The Morgan fingerprint density at radius 1 is 1.16 bits per heavy atom. The summed E-state index contributed by atoms with van der Waals surface area (Å²) in [5.74, 6) is -0.0920. The van der Waals surface area contributed by atoms with Crippen LogP contribution in [0.25, 0.3) is 0 Å². The van der Waals surface area contributed by atoms with Crippen LogP contribution in [0.15, 0.2) is 24.3 Å². The molecular formula is C14H18N2O3. The zero-order valence-corrected chi connectivity index (χ0v) is 10.9. The first-order valence-corrected chi connectivity index (χ1v) is 6.41. The summed E-state index contributed by atoms with van der Waals surface area (Å²) in [6.45, 7) is 1.29. The topological polar surface area (TPSA) is 67.4 Å². The molecule has 0 spiro atoms. The second kappa shape index (κ2) is 6.33. The molecule has 1 heterocycles. The van der Waals surface area contributed by atoms with E-state index in [1.807, 2.05) is 0 Å². The van der Waals surface area contributed by atoms with Gasteiger partial charge in [-0.3, -0.25) is 9.59 Å². The van der Waals surface area contributed by atoms with Gasteiger partial charge in [0.05, 0.1) is 0 Å². The summed E-state index contributed by atoms with van der Waals surface area (Å²) in [4.78, 5) is 23.4. The van der Waals surface area contributed by atoms with Gasteiger partial charge in [0.15, 0.2) is 0 Å². The maximum atomic E-state index is 12.0. The van der Waals surface area contributed by atoms with Crippen molar-refractivity contribution in [3.8, 4) is 0 Å². The molecule has 2 amide bonds. The Morgan fingerprint density at radius 3 is 2.37 bits per heavy atom. The van der Waals surface area contributed by atoms with Gasteiger partial charge < -0.3 is 15.4 Å². The van der Waals surface area contributed by atoms with Crippen LogP contribution in [0, 0.1) is 5.92 Å². The molecule has 0 atom stereocenters. The molecule has 0 radical (unpaired) electrons. The SMILES string of the molecule is CNC(=O)c1ccc(NC(=O)C2CCOCC2)cc1. The molecule has 1 aromatic rings. The second-order valence-electron chi connectivity index (χ2n) is 4.53. The lowest BCUT2D eigenvalue weighted by Gasteiger charge is -2.21. The monoisotopic (exact) mass is 262 g/mol. The molecule has 19 heavy (non-hydrogen) atoms. The average molecular weight is 262 g/mol. The number of hydrogen-bond acceptors (Lipinski definition) is 3. The highest BCUT2D eigenvalue weighted by Gasteiger charge is 2.21. The highest BCUT2D eigenvalue weighted by atomic mass is 16.5. The van der Waals surface area contributed by atoms with E-state index in [1.54, 1.807) is 31.3 Å². The van der Waals surface area contributed by atoms with Gasteiger partial charge in [0.25, 0.3) is 5.91 Å². The number of ether oxygens (including phenoxy) is 1. The third kappa shape index (κ3) is 3.54. The van der Waals surface area contributed by atoms with Crippen LogP contribution in [0.1, 0.15) is 23.2 Å². The first kappa shape index (κ1) is 13.5. The predicted octanol–water partition coefficient (Wildman–Crippen LogP) is 1.41.